The number of benzene rings is 2. The fourth-order valence-corrected chi connectivity index (χ4v) is 2.86. The number of methoxy groups -OCH3 is 1. The van der Waals surface area contributed by atoms with Crippen molar-refractivity contribution < 1.29 is 19.1 Å². The fourth-order valence-electron chi connectivity index (χ4n) is 2.86. The largest absolute Gasteiger partial charge is 0.467 e. The quantitative estimate of drug-likeness (QED) is 0.670. The number of para-hydroxylation sites is 1. The minimum atomic E-state index is -0.842. The lowest BCUT2D eigenvalue weighted by Crippen LogP contribution is -2.53. The van der Waals surface area contributed by atoms with Gasteiger partial charge in [-0.15, -0.1) is 0 Å². The minimum Gasteiger partial charge on any atom is -0.467 e. The fraction of sp³-hybridized carbons (Fsp3) is 0.318. The highest BCUT2D eigenvalue weighted by Crippen LogP contribution is 2.13. The summed E-state index contributed by atoms with van der Waals surface area (Å²) >= 11 is 0. The first-order chi connectivity index (χ1) is 14.0. The Labute approximate surface area is 171 Å². The number of urea groups is 1. The van der Waals surface area contributed by atoms with Crippen LogP contribution in [0.4, 0.5) is 10.5 Å². The van der Waals surface area contributed by atoms with Crippen LogP contribution >= 0.6 is 0 Å². The van der Waals surface area contributed by atoms with Crippen molar-refractivity contribution in [3.63, 3.8) is 0 Å². The molecule has 0 radical (unpaired) electrons. The van der Waals surface area contributed by atoms with Crippen molar-refractivity contribution in [2.45, 2.75) is 32.4 Å². The molecule has 2 aromatic rings. The third-order valence-corrected chi connectivity index (χ3v) is 4.45. The first kappa shape index (κ1) is 21.9. The lowest BCUT2D eigenvalue weighted by molar-refractivity contribution is -0.145. The van der Waals surface area contributed by atoms with Gasteiger partial charge in [-0.2, -0.15) is 0 Å². The number of amides is 3. The van der Waals surface area contributed by atoms with Crippen molar-refractivity contribution in [3.05, 3.63) is 66.2 Å². The van der Waals surface area contributed by atoms with Gasteiger partial charge in [0.05, 0.1) is 7.11 Å². The van der Waals surface area contributed by atoms with E-state index in [1.165, 1.54) is 12.0 Å². The van der Waals surface area contributed by atoms with Gasteiger partial charge < -0.3 is 15.4 Å². The van der Waals surface area contributed by atoms with Crippen molar-refractivity contribution in [2.24, 2.45) is 0 Å². The number of hydrogen-bond acceptors (Lipinski definition) is 4. The highest BCUT2D eigenvalue weighted by molar-refractivity contribution is 5.96. The number of anilines is 1. The van der Waals surface area contributed by atoms with Gasteiger partial charge in [0.15, 0.2) is 0 Å². The lowest BCUT2D eigenvalue weighted by Gasteiger charge is -2.25. The molecule has 29 heavy (non-hydrogen) atoms. The van der Waals surface area contributed by atoms with Gasteiger partial charge in [-0.1, -0.05) is 48.5 Å². The highest BCUT2D eigenvalue weighted by Gasteiger charge is 2.26. The van der Waals surface area contributed by atoms with Crippen molar-refractivity contribution in [1.29, 1.82) is 0 Å². The number of nitrogens with zero attached hydrogens (tertiary/aromatic N) is 1. The predicted molar refractivity (Wildman–Crippen MR) is 112 cm³/mol. The summed E-state index contributed by atoms with van der Waals surface area (Å²) in [5.74, 6) is -1.01. The Bertz CT molecular complexity index is 811. The monoisotopic (exact) mass is 397 g/mol. The van der Waals surface area contributed by atoms with Crippen LogP contribution in [-0.2, 0) is 20.7 Å². The van der Waals surface area contributed by atoms with Crippen LogP contribution in [0.1, 0.15) is 19.4 Å². The van der Waals surface area contributed by atoms with E-state index < -0.39 is 24.0 Å². The Morgan fingerprint density at radius 1 is 0.966 bits per heavy atom. The number of nitrogens with one attached hydrogen (secondary N) is 2. The molecule has 0 heterocycles. The smallest absolute Gasteiger partial charge is 0.328 e. The van der Waals surface area contributed by atoms with Gasteiger partial charge in [0.25, 0.3) is 0 Å². The Hall–Kier alpha value is -3.35. The zero-order chi connectivity index (χ0) is 21.2. The summed E-state index contributed by atoms with van der Waals surface area (Å²) in [5, 5.41) is 5.35. The number of ether oxygens (including phenoxy) is 1. The topological polar surface area (TPSA) is 87.7 Å². The first-order valence-electron chi connectivity index (χ1n) is 9.51. The van der Waals surface area contributed by atoms with Crippen molar-refractivity contribution in [3.8, 4) is 0 Å². The molecular formula is C22H27N3O4. The highest BCUT2D eigenvalue weighted by atomic mass is 16.5. The van der Waals surface area contributed by atoms with Crippen LogP contribution in [-0.4, -0.2) is 43.6 Å². The minimum absolute atomic E-state index is 0.297. The number of carbonyl (C=O) groups is 3. The number of rotatable bonds is 8. The second kappa shape index (κ2) is 10.8. The standard InChI is InChI=1S/C22H27N3O4/c1-4-25(18-13-9-6-10-14-18)22(28)23-16(2)20(26)24-19(21(27)29-3)15-17-11-7-5-8-12-17/h5-14,16,19H,4,15H2,1-3H3,(H,23,28)(H,24,26). The van der Waals surface area contributed by atoms with E-state index in [2.05, 4.69) is 10.6 Å². The van der Waals surface area contributed by atoms with Crippen LogP contribution in [0.2, 0.25) is 0 Å². The summed E-state index contributed by atoms with van der Waals surface area (Å²) in [6.07, 6.45) is 0.297. The molecule has 0 aromatic heterocycles. The zero-order valence-corrected chi connectivity index (χ0v) is 16.9. The van der Waals surface area contributed by atoms with E-state index >= 15 is 0 Å². The van der Waals surface area contributed by atoms with Crippen molar-refractivity contribution in [2.75, 3.05) is 18.6 Å². The molecule has 2 N–H and O–H groups in total. The van der Waals surface area contributed by atoms with E-state index in [1.807, 2.05) is 67.6 Å². The molecule has 2 aromatic carbocycles. The summed E-state index contributed by atoms with van der Waals surface area (Å²) in [6, 6.07) is 16.4. The van der Waals surface area contributed by atoms with Crippen LogP contribution in [0.5, 0.6) is 0 Å². The van der Waals surface area contributed by atoms with E-state index in [-0.39, 0.29) is 6.03 Å². The molecule has 0 aliphatic carbocycles. The summed E-state index contributed by atoms with van der Waals surface area (Å²) in [4.78, 5) is 38.8. The van der Waals surface area contributed by atoms with Gasteiger partial charge >= 0.3 is 12.0 Å². The van der Waals surface area contributed by atoms with Gasteiger partial charge in [0.1, 0.15) is 12.1 Å². The third-order valence-electron chi connectivity index (χ3n) is 4.45. The Morgan fingerprint density at radius 3 is 2.10 bits per heavy atom. The molecule has 0 saturated heterocycles. The maximum atomic E-state index is 12.6. The van der Waals surface area contributed by atoms with Gasteiger partial charge in [-0.25, -0.2) is 9.59 Å². The predicted octanol–water partition coefficient (Wildman–Crippen LogP) is 2.51. The van der Waals surface area contributed by atoms with Gasteiger partial charge in [0.2, 0.25) is 5.91 Å². The molecule has 0 saturated carbocycles. The Kier molecular flexibility index (Phi) is 8.21. The van der Waals surface area contributed by atoms with Crippen LogP contribution in [0, 0.1) is 0 Å². The van der Waals surface area contributed by atoms with Crippen molar-refractivity contribution >= 4 is 23.6 Å². The SMILES string of the molecule is CCN(C(=O)NC(C)C(=O)NC(Cc1ccccc1)C(=O)OC)c1ccccc1. The average molecular weight is 397 g/mol. The molecule has 7 nitrogen and oxygen atoms in total. The summed E-state index contributed by atoms with van der Waals surface area (Å²) < 4.78 is 4.81. The van der Waals surface area contributed by atoms with Gasteiger partial charge in [-0.05, 0) is 31.5 Å². The molecular weight excluding hydrogens is 370 g/mol. The van der Waals surface area contributed by atoms with Crippen LogP contribution in [0.3, 0.4) is 0 Å². The number of hydrogen-bond donors (Lipinski definition) is 2. The molecule has 3 amide bonds. The van der Waals surface area contributed by atoms with Gasteiger partial charge in [0, 0.05) is 18.7 Å². The first-order valence-corrected chi connectivity index (χ1v) is 9.51. The van der Waals surface area contributed by atoms with E-state index in [1.54, 1.807) is 6.92 Å². The Balaban J connectivity index is 2.01. The molecule has 0 bridgehead atoms. The van der Waals surface area contributed by atoms with Crippen molar-refractivity contribution in [1.82, 2.24) is 10.6 Å². The van der Waals surface area contributed by atoms with E-state index in [9.17, 15) is 14.4 Å². The molecule has 2 rings (SSSR count). The molecule has 7 heteroatoms. The summed E-state index contributed by atoms with van der Waals surface area (Å²) in [5.41, 5.74) is 1.62. The second-order valence-electron chi connectivity index (χ2n) is 6.53. The summed E-state index contributed by atoms with van der Waals surface area (Å²) in [7, 11) is 1.27. The van der Waals surface area contributed by atoms with E-state index in [0.29, 0.717) is 13.0 Å². The van der Waals surface area contributed by atoms with E-state index in [4.69, 9.17) is 4.74 Å². The van der Waals surface area contributed by atoms with E-state index in [0.717, 1.165) is 11.3 Å². The maximum absolute atomic E-state index is 12.6. The normalized spacial score (nSPS) is 12.4. The lowest BCUT2D eigenvalue weighted by atomic mass is 10.1. The molecule has 154 valence electrons. The number of carbonyl (C=O) groups excluding carboxylic acids is 3. The molecule has 0 aliphatic heterocycles. The van der Waals surface area contributed by atoms with Crippen LogP contribution in [0.25, 0.3) is 0 Å². The molecule has 2 unspecified atom stereocenters. The summed E-state index contributed by atoms with van der Waals surface area (Å²) in [6.45, 7) is 3.87. The maximum Gasteiger partial charge on any atom is 0.328 e. The Morgan fingerprint density at radius 2 is 1.55 bits per heavy atom. The zero-order valence-electron chi connectivity index (χ0n) is 16.9. The third kappa shape index (κ3) is 6.34. The number of esters is 1. The van der Waals surface area contributed by atoms with Crippen LogP contribution < -0.4 is 15.5 Å². The van der Waals surface area contributed by atoms with Crippen LogP contribution in [0.15, 0.2) is 60.7 Å². The average Bonchev–Trinajstić information content (AvgIpc) is 2.74. The molecule has 0 aliphatic rings. The second-order valence-corrected chi connectivity index (χ2v) is 6.53. The van der Waals surface area contributed by atoms with Gasteiger partial charge in [-0.3, -0.25) is 9.69 Å². The molecule has 2 atom stereocenters. The molecule has 0 spiro atoms. The molecule has 0 fully saturated rings.